The number of hydrogen-bond donors (Lipinski definition) is 2. The predicted molar refractivity (Wildman–Crippen MR) is 54.9 cm³/mol. The third kappa shape index (κ3) is 4.07. The van der Waals surface area contributed by atoms with Gasteiger partial charge in [0.1, 0.15) is 0 Å². The number of hydrazine groups is 1. The molecule has 0 amide bonds. The molecule has 0 spiro atoms. The first-order valence-corrected chi connectivity index (χ1v) is 4.94. The van der Waals surface area contributed by atoms with E-state index in [1.807, 2.05) is 30.3 Å². The van der Waals surface area contributed by atoms with E-state index in [9.17, 15) is 4.79 Å². The molecule has 3 N–H and O–H groups in total. The lowest BCUT2D eigenvalue weighted by Gasteiger charge is -1.99. The van der Waals surface area contributed by atoms with Crippen LogP contribution in [0.25, 0.3) is 0 Å². The minimum absolute atomic E-state index is 0.0614. The molecule has 0 fully saturated rings. The van der Waals surface area contributed by atoms with E-state index in [-0.39, 0.29) is 11.7 Å². The number of carbonyl (C=O) groups is 1. The van der Waals surface area contributed by atoms with E-state index in [2.05, 4.69) is 5.43 Å². The Labute approximate surface area is 81.7 Å². The second-order valence-electron chi connectivity index (χ2n) is 2.53. The second kappa shape index (κ2) is 5.75. The van der Waals surface area contributed by atoms with Crippen molar-refractivity contribution < 1.29 is 4.79 Å². The zero-order valence-corrected chi connectivity index (χ0v) is 8.01. The molecule has 3 nitrogen and oxygen atoms in total. The van der Waals surface area contributed by atoms with E-state index in [1.54, 1.807) is 0 Å². The fraction of sp³-hybridized carbons (Fsp3) is 0.222. The largest absolute Gasteiger partial charge is 0.286 e. The van der Waals surface area contributed by atoms with E-state index in [0.29, 0.717) is 5.75 Å². The van der Waals surface area contributed by atoms with Crippen LogP contribution in [-0.4, -0.2) is 11.7 Å². The van der Waals surface area contributed by atoms with Gasteiger partial charge in [-0.25, -0.2) is 0 Å². The number of nitrogens with two attached hydrogens (primary N) is 1. The number of thioether (sulfide) groups is 1. The summed E-state index contributed by atoms with van der Waals surface area (Å²) in [7, 11) is 0. The Morgan fingerprint density at radius 1 is 1.38 bits per heavy atom. The standard InChI is InChI=1S/C9H12N2OS/c10-11-6-9(12)13-7-8-4-2-1-3-5-8/h1-5,11H,6-7,10H2. The van der Waals surface area contributed by atoms with Crippen LogP contribution < -0.4 is 11.3 Å². The van der Waals surface area contributed by atoms with Gasteiger partial charge in [0.05, 0.1) is 6.54 Å². The molecular formula is C9H12N2OS. The van der Waals surface area contributed by atoms with Crippen LogP contribution in [0.4, 0.5) is 0 Å². The van der Waals surface area contributed by atoms with Crippen LogP contribution in [0.2, 0.25) is 0 Å². The number of rotatable bonds is 4. The van der Waals surface area contributed by atoms with Gasteiger partial charge in [0, 0.05) is 5.75 Å². The fourth-order valence-corrected chi connectivity index (χ4v) is 1.58. The highest BCUT2D eigenvalue weighted by atomic mass is 32.2. The summed E-state index contributed by atoms with van der Waals surface area (Å²) in [6.07, 6.45) is 0. The molecule has 4 heteroatoms. The smallest absolute Gasteiger partial charge is 0.204 e. The van der Waals surface area contributed by atoms with Gasteiger partial charge in [-0.15, -0.1) is 0 Å². The van der Waals surface area contributed by atoms with Crippen molar-refractivity contribution in [1.82, 2.24) is 5.43 Å². The lowest BCUT2D eigenvalue weighted by Crippen LogP contribution is -2.27. The Hall–Kier alpha value is -0.840. The fourth-order valence-electron chi connectivity index (χ4n) is 0.872. The van der Waals surface area contributed by atoms with E-state index in [4.69, 9.17) is 5.84 Å². The highest BCUT2D eigenvalue weighted by molar-refractivity contribution is 8.13. The van der Waals surface area contributed by atoms with E-state index < -0.39 is 0 Å². The third-order valence-electron chi connectivity index (χ3n) is 1.49. The first kappa shape index (κ1) is 10.2. The molecule has 0 saturated heterocycles. The second-order valence-corrected chi connectivity index (χ2v) is 3.56. The van der Waals surface area contributed by atoms with Crippen molar-refractivity contribution >= 4 is 16.9 Å². The molecule has 0 heterocycles. The van der Waals surface area contributed by atoms with Crippen molar-refractivity contribution in [2.24, 2.45) is 5.84 Å². The van der Waals surface area contributed by atoms with Gasteiger partial charge in [-0.3, -0.25) is 16.1 Å². The van der Waals surface area contributed by atoms with Crippen LogP contribution in [0.1, 0.15) is 5.56 Å². The number of hydrogen-bond acceptors (Lipinski definition) is 4. The topological polar surface area (TPSA) is 55.1 Å². The maximum Gasteiger partial charge on any atom is 0.204 e. The maximum absolute atomic E-state index is 11.0. The summed E-state index contributed by atoms with van der Waals surface area (Å²) in [6.45, 7) is 0.220. The average Bonchev–Trinajstić information content (AvgIpc) is 2.17. The van der Waals surface area contributed by atoms with Crippen molar-refractivity contribution in [1.29, 1.82) is 0 Å². The molecule has 0 aliphatic carbocycles. The summed E-state index contributed by atoms with van der Waals surface area (Å²) >= 11 is 1.27. The average molecular weight is 196 g/mol. The maximum atomic E-state index is 11.0. The van der Waals surface area contributed by atoms with Crippen molar-refractivity contribution in [2.45, 2.75) is 5.75 Å². The summed E-state index contributed by atoms with van der Waals surface area (Å²) in [6, 6.07) is 9.87. The van der Waals surface area contributed by atoms with E-state index in [1.165, 1.54) is 11.8 Å². The minimum Gasteiger partial charge on any atom is -0.286 e. The van der Waals surface area contributed by atoms with Crippen molar-refractivity contribution in [3.8, 4) is 0 Å². The summed E-state index contributed by atoms with van der Waals surface area (Å²) in [5, 5.41) is 0.0614. The highest BCUT2D eigenvalue weighted by Gasteiger charge is 2.00. The molecule has 0 saturated carbocycles. The molecule has 1 aromatic carbocycles. The molecule has 0 bridgehead atoms. The molecule has 1 aromatic rings. The van der Waals surface area contributed by atoms with E-state index >= 15 is 0 Å². The van der Waals surface area contributed by atoms with Crippen LogP contribution in [0.5, 0.6) is 0 Å². The SMILES string of the molecule is NNCC(=O)SCc1ccccc1. The van der Waals surface area contributed by atoms with Crippen molar-refractivity contribution in [2.75, 3.05) is 6.54 Å². The van der Waals surface area contributed by atoms with Crippen LogP contribution in [0.3, 0.4) is 0 Å². The normalized spacial score (nSPS) is 9.92. The molecule has 13 heavy (non-hydrogen) atoms. The quantitative estimate of drug-likeness (QED) is 0.555. The number of benzene rings is 1. The molecule has 70 valence electrons. The van der Waals surface area contributed by atoms with Crippen molar-refractivity contribution in [3.05, 3.63) is 35.9 Å². The lowest BCUT2D eigenvalue weighted by atomic mass is 10.2. The first-order chi connectivity index (χ1) is 6.33. The van der Waals surface area contributed by atoms with Gasteiger partial charge in [-0.2, -0.15) is 0 Å². The van der Waals surface area contributed by atoms with Crippen molar-refractivity contribution in [3.63, 3.8) is 0 Å². The summed E-state index contributed by atoms with van der Waals surface area (Å²) < 4.78 is 0. The molecular weight excluding hydrogens is 184 g/mol. The zero-order valence-electron chi connectivity index (χ0n) is 7.19. The van der Waals surface area contributed by atoms with Crippen LogP contribution in [0.15, 0.2) is 30.3 Å². The first-order valence-electron chi connectivity index (χ1n) is 3.96. The van der Waals surface area contributed by atoms with Crippen LogP contribution in [0, 0.1) is 0 Å². The third-order valence-corrected chi connectivity index (χ3v) is 2.43. The predicted octanol–water partition coefficient (Wildman–Crippen LogP) is 0.910. The highest BCUT2D eigenvalue weighted by Crippen LogP contribution is 2.11. The van der Waals surface area contributed by atoms with Crippen LogP contribution in [-0.2, 0) is 10.5 Å². The molecule has 0 radical (unpaired) electrons. The van der Waals surface area contributed by atoms with Gasteiger partial charge in [0.25, 0.3) is 0 Å². The number of nitrogens with one attached hydrogen (secondary N) is 1. The molecule has 0 aromatic heterocycles. The monoisotopic (exact) mass is 196 g/mol. The number of carbonyl (C=O) groups excluding carboxylic acids is 1. The van der Waals surface area contributed by atoms with Gasteiger partial charge in [0.2, 0.25) is 5.12 Å². The molecule has 0 unspecified atom stereocenters. The minimum atomic E-state index is 0.0614. The Morgan fingerprint density at radius 2 is 2.08 bits per heavy atom. The van der Waals surface area contributed by atoms with Gasteiger partial charge in [-0.1, -0.05) is 42.1 Å². The van der Waals surface area contributed by atoms with Gasteiger partial charge in [-0.05, 0) is 5.56 Å². The zero-order chi connectivity index (χ0) is 9.52. The Morgan fingerprint density at radius 3 is 2.69 bits per heavy atom. The van der Waals surface area contributed by atoms with E-state index in [0.717, 1.165) is 5.56 Å². The Kier molecular flexibility index (Phi) is 4.53. The Bertz CT molecular complexity index is 264. The Balaban J connectivity index is 2.31. The van der Waals surface area contributed by atoms with Gasteiger partial charge >= 0.3 is 0 Å². The summed E-state index contributed by atoms with van der Waals surface area (Å²) in [5.74, 6) is 5.72. The molecule has 1 rings (SSSR count). The molecule has 0 aliphatic heterocycles. The summed E-state index contributed by atoms with van der Waals surface area (Å²) in [4.78, 5) is 11.0. The molecule has 0 aliphatic rings. The van der Waals surface area contributed by atoms with Gasteiger partial charge in [0.15, 0.2) is 0 Å². The van der Waals surface area contributed by atoms with Crippen LogP contribution >= 0.6 is 11.8 Å². The molecule has 0 atom stereocenters. The van der Waals surface area contributed by atoms with Gasteiger partial charge < -0.3 is 0 Å². The lowest BCUT2D eigenvalue weighted by molar-refractivity contribution is -0.110. The summed E-state index contributed by atoms with van der Waals surface area (Å²) in [5.41, 5.74) is 3.48.